The Kier molecular flexibility index (Phi) is 4.21. The van der Waals surface area contributed by atoms with Crippen LogP contribution in [-0.4, -0.2) is 17.3 Å². The number of benzene rings is 1. The molecule has 1 N–H and O–H groups in total. The lowest BCUT2D eigenvalue weighted by atomic mass is 9.68. The molecule has 21 heavy (non-hydrogen) atoms. The van der Waals surface area contributed by atoms with E-state index in [1.807, 2.05) is 0 Å². The molecule has 0 aliphatic heterocycles. The first-order valence-electron chi connectivity index (χ1n) is 6.56. The summed E-state index contributed by atoms with van der Waals surface area (Å²) in [5.74, 6) is -3.05. The van der Waals surface area contributed by atoms with Crippen LogP contribution >= 0.6 is 0 Å². The normalized spacial score (nSPS) is 25.0. The van der Waals surface area contributed by atoms with Crippen LogP contribution in [0.2, 0.25) is 0 Å². The van der Waals surface area contributed by atoms with Crippen molar-refractivity contribution >= 4 is 5.97 Å². The molecule has 2 nitrogen and oxygen atoms in total. The van der Waals surface area contributed by atoms with Crippen molar-refractivity contribution in [2.75, 3.05) is 0 Å². The fourth-order valence-electron chi connectivity index (χ4n) is 2.63. The van der Waals surface area contributed by atoms with Crippen LogP contribution in [-0.2, 0) is 11.2 Å². The summed E-state index contributed by atoms with van der Waals surface area (Å²) in [6.07, 6.45) is -0.0223. The maximum Gasteiger partial charge on any atom is 0.399 e. The van der Waals surface area contributed by atoms with Crippen molar-refractivity contribution in [3.05, 3.63) is 60.2 Å². The van der Waals surface area contributed by atoms with Crippen molar-refractivity contribution in [3.8, 4) is 0 Å². The van der Waals surface area contributed by atoms with Crippen LogP contribution in [0.25, 0.3) is 0 Å². The molecule has 5 heteroatoms. The number of hydrogen-bond donors (Lipinski definition) is 1. The lowest BCUT2D eigenvalue weighted by Gasteiger charge is -2.38. The molecule has 0 bridgehead atoms. The summed E-state index contributed by atoms with van der Waals surface area (Å²) < 4.78 is 40.7. The van der Waals surface area contributed by atoms with Crippen LogP contribution < -0.4 is 0 Å². The summed E-state index contributed by atoms with van der Waals surface area (Å²) in [5.41, 5.74) is -1.60. The van der Waals surface area contributed by atoms with E-state index in [-0.39, 0.29) is 12.8 Å². The minimum Gasteiger partial charge on any atom is -0.481 e. The minimum absolute atomic E-state index is 0.169. The number of allylic oxidation sites excluding steroid dienone is 3. The average molecular weight is 296 g/mol. The molecule has 0 heterocycles. The number of alkyl halides is 3. The Balaban J connectivity index is 2.32. The van der Waals surface area contributed by atoms with Gasteiger partial charge in [0, 0.05) is 0 Å². The minimum atomic E-state index is -4.62. The van der Waals surface area contributed by atoms with E-state index in [0.717, 1.165) is 17.7 Å². The fourth-order valence-corrected chi connectivity index (χ4v) is 2.63. The van der Waals surface area contributed by atoms with Crippen molar-refractivity contribution in [1.29, 1.82) is 0 Å². The predicted octanol–water partition coefficient (Wildman–Crippen LogP) is 3.99. The van der Waals surface area contributed by atoms with Crippen molar-refractivity contribution < 1.29 is 23.1 Å². The van der Waals surface area contributed by atoms with Gasteiger partial charge in [0.1, 0.15) is 5.41 Å². The Labute approximate surface area is 120 Å². The van der Waals surface area contributed by atoms with Crippen LogP contribution in [0.4, 0.5) is 13.2 Å². The molecule has 2 rings (SSSR count). The standard InChI is InChI=1S/C16H15F3O2/c17-16(18,19)15(10-5-4-8-13(15)14(20)21)11-9-12-6-2-1-3-7-12/h1-8,10,13H,9,11H2,(H,20,21). The first-order valence-corrected chi connectivity index (χ1v) is 6.56. The highest BCUT2D eigenvalue weighted by Gasteiger charge is 2.59. The van der Waals surface area contributed by atoms with Crippen LogP contribution in [0, 0.1) is 11.3 Å². The number of halogens is 3. The van der Waals surface area contributed by atoms with Crippen LogP contribution in [0.1, 0.15) is 12.0 Å². The Morgan fingerprint density at radius 3 is 2.43 bits per heavy atom. The van der Waals surface area contributed by atoms with Gasteiger partial charge in [-0.1, -0.05) is 54.6 Å². The van der Waals surface area contributed by atoms with Gasteiger partial charge in [0.2, 0.25) is 0 Å². The summed E-state index contributed by atoms with van der Waals surface area (Å²) in [5, 5.41) is 9.15. The molecule has 2 atom stereocenters. The predicted molar refractivity (Wildman–Crippen MR) is 72.7 cm³/mol. The molecule has 0 spiro atoms. The van der Waals surface area contributed by atoms with Crippen molar-refractivity contribution in [1.82, 2.24) is 0 Å². The molecule has 0 radical (unpaired) electrons. The smallest absolute Gasteiger partial charge is 0.399 e. The summed E-state index contributed by atoms with van der Waals surface area (Å²) in [6, 6.07) is 8.76. The Morgan fingerprint density at radius 1 is 1.19 bits per heavy atom. The summed E-state index contributed by atoms with van der Waals surface area (Å²) in [4.78, 5) is 11.2. The third-order valence-corrected chi connectivity index (χ3v) is 3.83. The summed E-state index contributed by atoms with van der Waals surface area (Å²) in [7, 11) is 0. The van der Waals surface area contributed by atoms with Gasteiger partial charge in [-0.2, -0.15) is 13.2 Å². The average Bonchev–Trinajstić information content (AvgIpc) is 2.45. The third-order valence-electron chi connectivity index (χ3n) is 3.83. The number of aryl methyl sites for hydroxylation is 1. The number of rotatable bonds is 4. The number of carboxylic acids is 1. The lowest BCUT2D eigenvalue weighted by molar-refractivity contribution is -0.224. The molecule has 0 saturated heterocycles. The maximum absolute atomic E-state index is 13.6. The van der Waals surface area contributed by atoms with Crippen LogP contribution in [0.5, 0.6) is 0 Å². The highest BCUT2D eigenvalue weighted by molar-refractivity contribution is 5.74. The van der Waals surface area contributed by atoms with E-state index in [9.17, 15) is 18.0 Å². The largest absolute Gasteiger partial charge is 0.481 e. The second-order valence-electron chi connectivity index (χ2n) is 5.08. The first kappa shape index (κ1) is 15.4. The highest BCUT2D eigenvalue weighted by Crippen LogP contribution is 2.50. The van der Waals surface area contributed by atoms with E-state index in [2.05, 4.69) is 0 Å². The quantitative estimate of drug-likeness (QED) is 0.912. The van der Waals surface area contributed by atoms with Gasteiger partial charge >= 0.3 is 12.1 Å². The number of aliphatic carboxylic acids is 1. The van der Waals surface area contributed by atoms with Gasteiger partial charge in [0.15, 0.2) is 0 Å². The molecule has 112 valence electrons. The molecular weight excluding hydrogens is 281 g/mol. The van der Waals surface area contributed by atoms with Crippen molar-refractivity contribution in [2.24, 2.45) is 11.3 Å². The van der Waals surface area contributed by atoms with E-state index in [1.54, 1.807) is 30.3 Å². The Morgan fingerprint density at radius 2 is 1.86 bits per heavy atom. The highest BCUT2D eigenvalue weighted by atomic mass is 19.4. The zero-order chi connectivity index (χ0) is 15.5. The molecule has 0 amide bonds. The van der Waals surface area contributed by atoms with E-state index < -0.39 is 23.5 Å². The number of carbonyl (C=O) groups is 1. The van der Waals surface area contributed by atoms with Gasteiger partial charge in [-0.25, -0.2) is 0 Å². The van der Waals surface area contributed by atoms with E-state index >= 15 is 0 Å². The van der Waals surface area contributed by atoms with Crippen molar-refractivity contribution in [2.45, 2.75) is 19.0 Å². The third kappa shape index (κ3) is 3.01. The molecule has 2 unspecified atom stereocenters. The molecule has 1 aromatic rings. The molecule has 0 saturated carbocycles. The van der Waals surface area contributed by atoms with Gasteiger partial charge in [-0.15, -0.1) is 0 Å². The first-order chi connectivity index (χ1) is 9.87. The van der Waals surface area contributed by atoms with Gasteiger partial charge in [0.05, 0.1) is 5.92 Å². The molecular formula is C16H15F3O2. The maximum atomic E-state index is 13.6. The summed E-state index contributed by atoms with van der Waals surface area (Å²) in [6.45, 7) is 0. The number of carboxylic acid groups (broad SMARTS) is 1. The van der Waals surface area contributed by atoms with E-state index in [1.165, 1.54) is 12.2 Å². The topological polar surface area (TPSA) is 37.3 Å². The number of hydrogen-bond acceptors (Lipinski definition) is 1. The SMILES string of the molecule is O=C(O)C1C=CC=CC1(CCc1ccccc1)C(F)(F)F. The lowest BCUT2D eigenvalue weighted by Crippen LogP contribution is -2.46. The monoisotopic (exact) mass is 296 g/mol. The summed E-state index contributed by atoms with van der Waals surface area (Å²) >= 11 is 0. The van der Waals surface area contributed by atoms with Gasteiger partial charge < -0.3 is 5.11 Å². The zero-order valence-electron chi connectivity index (χ0n) is 11.2. The van der Waals surface area contributed by atoms with Gasteiger partial charge in [-0.3, -0.25) is 4.79 Å². The molecule has 0 fully saturated rings. The van der Waals surface area contributed by atoms with E-state index in [0.29, 0.717) is 0 Å². The second-order valence-corrected chi connectivity index (χ2v) is 5.08. The second kappa shape index (κ2) is 5.76. The fraction of sp³-hybridized carbons (Fsp3) is 0.312. The zero-order valence-corrected chi connectivity index (χ0v) is 11.2. The van der Waals surface area contributed by atoms with Gasteiger partial charge in [0.25, 0.3) is 0 Å². The molecule has 1 aromatic carbocycles. The Hall–Kier alpha value is -2.04. The molecule has 1 aliphatic rings. The molecule has 1 aliphatic carbocycles. The van der Waals surface area contributed by atoms with Crippen LogP contribution in [0.15, 0.2) is 54.6 Å². The van der Waals surface area contributed by atoms with Crippen molar-refractivity contribution in [3.63, 3.8) is 0 Å². The van der Waals surface area contributed by atoms with E-state index in [4.69, 9.17) is 5.11 Å². The van der Waals surface area contributed by atoms with Crippen LogP contribution in [0.3, 0.4) is 0 Å². The van der Waals surface area contributed by atoms with Gasteiger partial charge in [-0.05, 0) is 18.4 Å². The molecule has 0 aromatic heterocycles. The Bertz CT molecular complexity index is 561.